The third kappa shape index (κ3) is 4.27. The Morgan fingerprint density at radius 1 is 1.41 bits per heavy atom. The Morgan fingerprint density at radius 3 is 2.47 bits per heavy atom. The molecule has 1 aromatic carbocycles. The van der Waals surface area contributed by atoms with Crippen LogP contribution in [0.5, 0.6) is 0 Å². The van der Waals surface area contributed by atoms with Gasteiger partial charge in [0.05, 0.1) is 13.1 Å². The van der Waals surface area contributed by atoms with Gasteiger partial charge < -0.3 is 5.11 Å². The summed E-state index contributed by atoms with van der Waals surface area (Å²) in [5, 5.41) is 9.76. The highest BCUT2D eigenvalue weighted by molar-refractivity contribution is 6.35. The SMILES string of the molecule is C#CCN(CC(=O)O)Cc1c(Cl)cccc1Cl. The zero-order chi connectivity index (χ0) is 12.8. The molecule has 0 aliphatic heterocycles. The molecule has 0 aliphatic carbocycles. The molecule has 90 valence electrons. The van der Waals surface area contributed by atoms with Crippen molar-refractivity contribution in [3.63, 3.8) is 0 Å². The normalized spacial score (nSPS) is 10.2. The van der Waals surface area contributed by atoms with E-state index in [4.69, 9.17) is 34.7 Å². The van der Waals surface area contributed by atoms with Crippen LogP contribution in [0.15, 0.2) is 18.2 Å². The van der Waals surface area contributed by atoms with Gasteiger partial charge in [0.15, 0.2) is 0 Å². The number of hydrogen-bond donors (Lipinski definition) is 1. The molecule has 0 fully saturated rings. The number of aliphatic carboxylic acids is 1. The molecule has 17 heavy (non-hydrogen) atoms. The average Bonchev–Trinajstić information content (AvgIpc) is 2.23. The molecule has 5 heteroatoms. The zero-order valence-corrected chi connectivity index (χ0v) is 10.5. The number of halogens is 2. The van der Waals surface area contributed by atoms with Crippen LogP contribution in [-0.4, -0.2) is 29.1 Å². The van der Waals surface area contributed by atoms with Crippen molar-refractivity contribution in [2.24, 2.45) is 0 Å². The quantitative estimate of drug-likeness (QED) is 0.837. The lowest BCUT2D eigenvalue weighted by Gasteiger charge is -2.18. The van der Waals surface area contributed by atoms with Gasteiger partial charge in [-0.15, -0.1) is 6.42 Å². The van der Waals surface area contributed by atoms with Crippen LogP contribution in [0.2, 0.25) is 10.0 Å². The molecule has 0 heterocycles. The maximum Gasteiger partial charge on any atom is 0.317 e. The van der Waals surface area contributed by atoms with Crippen molar-refractivity contribution in [2.45, 2.75) is 6.54 Å². The number of rotatable bonds is 5. The number of carboxylic acids is 1. The van der Waals surface area contributed by atoms with E-state index in [9.17, 15) is 4.79 Å². The van der Waals surface area contributed by atoms with E-state index in [2.05, 4.69) is 5.92 Å². The van der Waals surface area contributed by atoms with Crippen molar-refractivity contribution < 1.29 is 9.90 Å². The highest BCUT2D eigenvalue weighted by Crippen LogP contribution is 2.25. The van der Waals surface area contributed by atoms with Crippen LogP contribution in [-0.2, 0) is 11.3 Å². The monoisotopic (exact) mass is 271 g/mol. The Labute approximate surface area is 110 Å². The Kier molecular flexibility index (Phi) is 5.30. The van der Waals surface area contributed by atoms with Gasteiger partial charge >= 0.3 is 5.97 Å². The zero-order valence-electron chi connectivity index (χ0n) is 8.99. The molecule has 1 rings (SSSR count). The van der Waals surface area contributed by atoms with Crippen LogP contribution in [0, 0.1) is 12.3 Å². The van der Waals surface area contributed by atoms with Crippen LogP contribution in [0.25, 0.3) is 0 Å². The van der Waals surface area contributed by atoms with Gasteiger partial charge in [-0.05, 0) is 12.1 Å². The van der Waals surface area contributed by atoms with Crippen LogP contribution < -0.4 is 0 Å². The van der Waals surface area contributed by atoms with E-state index in [0.717, 1.165) is 0 Å². The first-order valence-electron chi connectivity index (χ1n) is 4.85. The Morgan fingerprint density at radius 2 is 2.00 bits per heavy atom. The second-order valence-electron chi connectivity index (χ2n) is 3.44. The van der Waals surface area contributed by atoms with Crippen molar-refractivity contribution in [2.75, 3.05) is 13.1 Å². The largest absolute Gasteiger partial charge is 0.480 e. The molecule has 0 unspecified atom stereocenters. The molecule has 0 aliphatic rings. The Bertz CT molecular complexity index is 434. The van der Waals surface area contributed by atoms with Crippen molar-refractivity contribution in [3.05, 3.63) is 33.8 Å². The summed E-state index contributed by atoms with van der Waals surface area (Å²) in [6.45, 7) is 0.397. The highest BCUT2D eigenvalue weighted by Gasteiger charge is 2.13. The van der Waals surface area contributed by atoms with Crippen LogP contribution in [0.1, 0.15) is 5.56 Å². The topological polar surface area (TPSA) is 40.5 Å². The minimum absolute atomic E-state index is 0.147. The van der Waals surface area contributed by atoms with Gasteiger partial charge in [0, 0.05) is 22.2 Å². The fourth-order valence-corrected chi connectivity index (χ4v) is 1.91. The van der Waals surface area contributed by atoms with E-state index in [1.54, 1.807) is 23.1 Å². The third-order valence-electron chi connectivity index (χ3n) is 2.12. The summed E-state index contributed by atoms with van der Waals surface area (Å²) in [4.78, 5) is 12.2. The first-order chi connectivity index (χ1) is 8.04. The molecule has 0 amide bonds. The standard InChI is InChI=1S/C12H11Cl2NO2/c1-2-6-15(8-12(16)17)7-9-10(13)4-3-5-11(9)14/h1,3-5H,6-8H2,(H,16,17). The molecule has 0 aromatic heterocycles. The number of carbonyl (C=O) groups is 1. The van der Waals surface area contributed by atoms with E-state index in [-0.39, 0.29) is 13.1 Å². The average molecular weight is 272 g/mol. The van der Waals surface area contributed by atoms with Crippen molar-refractivity contribution in [1.82, 2.24) is 4.90 Å². The van der Waals surface area contributed by atoms with E-state index in [1.807, 2.05) is 0 Å². The second-order valence-corrected chi connectivity index (χ2v) is 4.26. The summed E-state index contributed by atoms with van der Waals surface area (Å²) in [7, 11) is 0. The molecular formula is C12H11Cl2NO2. The molecule has 0 saturated carbocycles. The molecule has 0 saturated heterocycles. The van der Waals surface area contributed by atoms with Crippen molar-refractivity contribution in [1.29, 1.82) is 0 Å². The van der Waals surface area contributed by atoms with Gasteiger partial charge in [-0.3, -0.25) is 9.69 Å². The predicted molar refractivity (Wildman–Crippen MR) is 68.2 cm³/mol. The van der Waals surface area contributed by atoms with Gasteiger partial charge in [0.2, 0.25) is 0 Å². The predicted octanol–water partition coefficient (Wildman–Crippen LogP) is 2.51. The van der Waals surface area contributed by atoms with E-state index in [0.29, 0.717) is 22.2 Å². The van der Waals surface area contributed by atoms with Gasteiger partial charge in [-0.2, -0.15) is 0 Å². The molecule has 0 atom stereocenters. The smallest absolute Gasteiger partial charge is 0.317 e. The second kappa shape index (κ2) is 6.51. The number of hydrogen-bond acceptors (Lipinski definition) is 2. The summed E-state index contributed by atoms with van der Waals surface area (Å²) in [5.74, 6) is 1.47. The molecule has 0 bridgehead atoms. The minimum atomic E-state index is -0.941. The molecule has 0 radical (unpaired) electrons. The van der Waals surface area contributed by atoms with Crippen molar-refractivity contribution in [3.8, 4) is 12.3 Å². The molecule has 0 spiro atoms. The van der Waals surface area contributed by atoms with E-state index < -0.39 is 5.97 Å². The lowest BCUT2D eigenvalue weighted by molar-refractivity contribution is -0.138. The third-order valence-corrected chi connectivity index (χ3v) is 2.83. The fourth-order valence-electron chi connectivity index (χ4n) is 1.40. The van der Waals surface area contributed by atoms with Crippen LogP contribution >= 0.6 is 23.2 Å². The summed E-state index contributed by atoms with van der Waals surface area (Å²) in [6.07, 6.45) is 5.18. The first-order valence-corrected chi connectivity index (χ1v) is 5.60. The number of benzene rings is 1. The summed E-state index contributed by atoms with van der Waals surface area (Å²) in [6, 6.07) is 5.14. The van der Waals surface area contributed by atoms with Crippen molar-refractivity contribution >= 4 is 29.2 Å². The lowest BCUT2D eigenvalue weighted by atomic mass is 10.2. The minimum Gasteiger partial charge on any atom is -0.480 e. The van der Waals surface area contributed by atoms with E-state index in [1.165, 1.54) is 0 Å². The maximum absolute atomic E-state index is 10.7. The van der Waals surface area contributed by atoms with Crippen LogP contribution in [0.3, 0.4) is 0 Å². The fraction of sp³-hybridized carbons (Fsp3) is 0.250. The first kappa shape index (κ1) is 13.9. The molecule has 1 N–H and O–H groups in total. The maximum atomic E-state index is 10.7. The summed E-state index contributed by atoms with van der Waals surface area (Å²) in [5.41, 5.74) is 0.687. The highest BCUT2D eigenvalue weighted by atomic mass is 35.5. The van der Waals surface area contributed by atoms with Gasteiger partial charge in [-0.1, -0.05) is 35.2 Å². The van der Waals surface area contributed by atoms with Crippen LogP contribution in [0.4, 0.5) is 0 Å². The summed E-state index contributed by atoms with van der Waals surface area (Å²) >= 11 is 12.0. The Balaban J connectivity index is 2.86. The van der Waals surface area contributed by atoms with Gasteiger partial charge in [0.25, 0.3) is 0 Å². The van der Waals surface area contributed by atoms with E-state index >= 15 is 0 Å². The molecule has 1 aromatic rings. The number of terminal acetylenes is 1. The summed E-state index contributed by atoms with van der Waals surface area (Å²) < 4.78 is 0. The number of nitrogens with zero attached hydrogens (tertiary/aromatic N) is 1. The Hall–Kier alpha value is -1.21. The number of carboxylic acid groups (broad SMARTS) is 1. The van der Waals surface area contributed by atoms with Gasteiger partial charge in [-0.25, -0.2) is 0 Å². The molecule has 3 nitrogen and oxygen atoms in total. The van der Waals surface area contributed by atoms with Gasteiger partial charge in [0.1, 0.15) is 0 Å². The molecular weight excluding hydrogens is 261 g/mol. The lowest BCUT2D eigenvalue weighted by Crippen LogP contribution is -2.29.